The Kier molecular flexibility index (Phi) is 1.52. The van der Waals surface area contributed by atoms with Crippen LogP contribution in [-0.4, -0.2) is 26.7 Å². The van der Waals surface area contributed by atoms with Gasteiger partial charge in [0.05, 0.1) is 0 Å². The van der Waals surface area contributed by atoms with E-state index in [0.717, 1.165) is 0 Å². The van der Waals surface area contributed by atoms with Gasteiger partial charge < -0.3 is 0 Å². The number of rotatable bonds is 0. The Hall–Kier alpha value is 0.589. The van der Waals surface area contributed by atoms with Gasteiger partial charge in [-0.05, 0) is 0 Å². The van der Waals surface area contributed by atoms with Crippen molar-refractivity contribution in [3.63, 3.8) is 0 Å². The van der Waals surface area contributed by atoms with Gasteiger partial charge in [-0.25, -0.2) is 0 Å². The summed E-state index contributed by atoms with van der Waals surface area (Å²) in [6.45, 7) is 0. The van der Waals surface area contributed by atoms with Crippen molar-refractivity contribution in [1.29, 1.82) is 0 Å². The van der Waals surface area contributed by atoms with E-state index in [4.69, 9.17) is 0 Å². The average Bonchev–Trinajstić information content (AvgIpc) is 0.722. The monoisotopic (exact) mass is 189 g/mol. The van der Waals surface area contributed by atoms with Gasteiger partial charge in [-0.2, -0.15) is 0 Å². The Bertz CT molecular complexity index is 22.4. The average molecular weight is 188 g/mol. The summed E-state index contributed by atoms with van der Waals surface area (Å²) >= 11 is -0.382. The molecule has 0 amide bonds. The van der Waals surface area contributed by atoms with E-state index < -0.39 is 4.19 Å². The molecule has 0 fully saturated rings. The molecule has 0 rings (SSSR count). The summed E-state index contributed by atoms with van der Waals surface area (Å²) in [6.07, 6.45) is 0. The van der Waals surface area contributed by atoms with Crippen molar-refractivity contribution in [2.45, 2.75) is 4.19 Å². The van der Waals surface area contributed by atoms with Crippen LogP contribution in [0.1, 0.15) is 0 Å². The quantitative estimate of drug-likeness (QED) is 0.490. The molecule has 0 aliphatic rings. The molecule has 0 aliphatic heterocycles. The first-order valence-corrected chi connectivity index (χ1v) is 2.24. The summed E-state index contributed by atoms with van der Waals surface area (Å²) in [6, 6.07) is 0. The van der Waals surface area contributed by atoms with Gasteiger partial charge in [-0.15, -0.1) is 0 Å². The van der Waals surface area contributed by atoms with Crippen molar-refractivity contribution >= 4 is 22.5 Å². The first kappa shape index (κ1) is 5.59. The van der Waals surface area contributed by atoms with Gasteiger partial charge in [0.2, 0.25) is 0 Å². The van der Waals surface area contributed by atoms with Gasteiger partial charge in [0.25, 0.3) is 0 Å². The van der Waals surface area contributed by atoms with E-state index >= 15 is 0 Å². The summed E-state index contributed by atoms with van der Waals surface area (Å²) in [7, 11) is 0. The second kappa shape index (κ2) is 1.36. The zero-order valence-corrected chi connectivity index (χ0v) is 4.99. The van der Waals surface area contributed by atoms with Crippen LogP contribution in [0.5, 0.6) is 0 Å². The minimum atomic E-state index is -3.91. The molecule has 5 heavy (non-hydrogen) atoms. The second-order valence-electron chi connectivity index (χ2n) is 0.498. The van der Waals surface area contributed by atoms with Crippen molar-refractivity contribution in [3.8, 4) is 0 Å². The summed E-state index contributed by atoms with van der Waals surface area (Å²) in [5.41, 5.74) is 0. The fourth-order valence-corrected chi connectivity index (χ4v) is 0. The van der Waals surface area contributed by atoms with Gasteiger partial charge in [-0.3, -0.25) is 0 Å². The van der Waals surface area contributed by atoms with E-state index in [0.29, 0.717) is 0 Å². The molecule has 0 aliphatic carbocycles. The fraction of sp³-hybridized carbons (Fsp3) is 1.00. The topological polar surface area (TPSA) is 0 Å². The number of alkyl halides is 3. The fourth-order valence-electron chi connectivity index (χ4n) is 0. The van der Waals surface area contributed by atoms with E-state index in [9.17, 15) is 13.2 Å². The zero-order chi connectivity index (χ0) is 4.50. The Morgan fingerprint density at radius 3 is 1.20 bits per heavy atom. The molecule has 0 N–H and O–H groups in total. The third-order valence-electron chi connectivity index (χ3n) is 0. The molecule has 0 aromatic rings. The number of hydrogen-bond donors (Lipinski definition) is 0. The molecule has 0 spiro atoms. The molecule has 26 valence electrons. The molecule has 0 saturated heterocycles. The molecule has 0 nitrogen and oxygen atoms in total. The Morgan fingerprint density at radius 2 is 1.20 bits per heavy atom. The SMILES string of the molecule is F[C](F)(F)[Sn+3]. The maximum atomic E-state index is 10.4. The summed E-state index contributed by atoms with van der Waals surface area (Å²) in [5.74, 6) is 0. The van der Waals surface area contributed by atoms with Crippen molar-refractivity contribution in [2.24, 2.45) is 0 Å². The number of halogens is 3. The second-order valence-corrected chi connectivity index (χ2v) is 2.12. The van der Waals surface area contributed by atoms with Crippen molar-refractivity contribution in [3.05, 3.63) is 0 Å². The Balaban J connectivity index is 3.02. The predicted octanol–water partition coefficient (Wildman–Crippen LogP) is 0.675. The van der Waals surface area contributed by atoms with Crippen LogP contribution in [0.2, 0.25) is 0 Å². The van der Waals surface area contributed by atoms with E-state index in [1.807, 2.05) is 0 Å². The molecule has 0 aromatic carbocycles. The van der Waals surface area contributed by atoms with Crippen LogP contribution in [-0.2, 0) is 0 Å². The van der Waals surface area contributed by atoms with Gasteiger partial charge >= 0.3 is 39.9 Å². The molecule has 0 unspecified atom stereocenters. The minimum absolute atomic E-state index is 0.382. The van der Waals surface area contributed by atoms with Crippen LogP contribution in [0.15, 0.2) is 0 Å². The molecule has 0 aromatic heterocycles. The molecule has 4 heteroatoms. The van der Waals surface area contributed by atoms with Gasteiger partial charge in [0.1, 0.15) is 0 Å². The van der Waals surface area contributed by atoms with Crippen LogP contribution in [0.25, 0.3) is 0 Å². The van der Waals surface area contributed by atoms with Gasteiger partial charge in [0.15, 0.2) is 0 Å². The van der Waals surface area contributed by atoms with E-state index in [1.165, 1.54) is 0 Å². The maximum absolute atomic E-state index is 10.4. The van der Waals surface area contributed by atoms with Crippen molar-refractivity contribution < 1.29 is 13.2 Å². The molecular formula is CF3Sn+3. The van der Waals surface area contributed by atoms with Gasteiger partial charge in [-0.1, -0.05) is 0 Å². The first-order valence-electron chi connectivity index (χ1n) is 0.817. The molecule has 0 radical (unpaired) electrons. The third kappa shape index (κ3) is 88.7. The molecule has 0 atom stereocenters. The molecular weight excluding hydrogens is 188 g/mol. The van der Waals surface area contributed by atoms with E-state index in [2.05, 4.69) is 0 Å². The summed E-state index contributed by atoms with van der Waals surface area (Å²) < 4.78 is 27.3. The van der Waals surface area contributed by atoms with E-state index in [-0.39, 0.29) is 22.5 Å². The molecule has 0 heterocycles. The van der Waals surface area contributed by atoms with Crippen molar-refractivity contribution in [1.82, 2.24) is 0 Å². The Morgan fingerprint density at radius 1 is 1.20 bits per heavy atom. The summed E-state index contributed by atoms with van der Waals surface area (Å²) in [5, 5.41) is 0. The van der Waals surface area contributed by atoms with E-state index in [1.54, 1.807) is 0 Å². The normalized spacial score (nSPS) is 12.2. The molecule has 0 saturated carbocycles. The van der Waals surface area contributed by atoms with Crippen molar-refractivity contribution in [2.75, 3.05) is 0 Å². The third-order valence-corrected chi connectivity index (χ3v) is 0. The van der Waals surface area contributed by atoms with Crippen LogP contribution < -0.4 is 0 Å². The van der Waals surface area contributed by atoms with Crippen LogP contribution in [0.3, 0.4) is 0 Å². The first-order chi connectivity index (χ1) is 2.00. The number of hydrogen-bond acceptors (Lipinski definition) is 0. The summed E-state index contributed by atoms with van der Waals surface area (Å²) in [4.78, 5) is 0. The van der Waals surface area contributed by atoms with Crippen LogP contribution >= 0.6 is 0 Å². The molecule has 0 bridgehead atoms. The van der Waals surface area contributed by atoms with Gasteiger partial charge in [0, 0.05) is 0 Å². The predicted molar refractivity (Wildman–Crippen MR) is 11.8 cm³/mol. The standard InChI is InChI=1S/CF3.Sn/c2-1(3)4;/q;+3. The van der Waals surface area contributed by atoms with Crippen LogP contribution in [0, 0.1) is 0 Å². The zero-order valence-electron chi connectivity index (χ0n) is 2.13. The Labute approximate surface area is 40.4 Å². The van der Waals surface area contributed by atoms with Crippen LogP contribution in [0.4, 0.5) is 13.2 Å².